The van der Waals surface area contributed by atoms with Crippen LogP contribution in [0.2, 0.25) is 0 Å². The second-order valence-electron chi connectivity index (χ2n) is 7.45. The van der Waals surface area contributed by atoms with Gasteiger partial charge in [-0.25, -0.2) is 0 Å². The van der Waals surface area contributed by atoms with Crippen LogP contribution in [0.4, 0.5) is 13.2 Å². The molecule has 0 aliphatic carbocycles. The number of rotatable bonds is 5. The predicted octanol–water partition coefficient (Wildman–Crippen LogP) is 3.42. The molecule has 0 spiro atoms. The summed E-state index contributed by atoms with van der Waals surface area (Å²) in [5.74, 6) is -1.14. The van der Waals surface area contributed by atoms with Crippen molar-refractivity contribution in [3.63, 3.8) is 0 Å². The van der Waals surface area contributed by atoms with Gasteiger partial charge in [0.05, 0.1) is 5.75 Å². The van der Waals surface area contributed by atoms with Crippen LogP contribution in [-0.2, 0) is 24.6 Å². The Morgan fingerprint density at radius 3 is 2.45 bits per heavy atom. The number of benzene rings is 2. The summed E-state index contributed by atoms with van der Waals surface area (Å²) in [6.07, 6.45) is -4.56. The van der Waals surface area contributed by atoms with Gasteiger partial charge in [-0.2, -0.15) is 13.2 Å². The fraction of sp³-hybridized carbons (Fsp3) is 0.381. The average Bonchev–Trinajstić information content (AvgIpc) is 3.13. The van der Waals surface area contributed by atoms with E-state index in [0.717, 1.165) is 36.0 Å². The molecule has 10 heteroatoms. The number of thioether (sulfide) groups is 1. The Balaban J connectivity index is 1.30. The van der Waals surface area contributed by atoms with Gasteiger partial charge in [-0.05, 0) is 16.3 Å². The van der Waals surface area contributed by atoms with E-state index in [1.165, 1.54) is 23.4 Å². The van der Waals surface area contributed by atoms with Crippen LogP contribution in [0.15, 0.2) is 47.6 Å². The minimum atomic E-state index is -4.56. The van der Waals surface area contributed by atoms with Crippen molar-refractivity contribution in [3.05, 3.63) is 53.9 Å². The Hall–Kier alpha value is -2.59. The lowest BCUT2D eigenvalue weighted by Gasteiger charge is -2.35. The van der Waals surface area contributed by atoms with Gasteiger partial charge in [0.15, 0.2) is 5.16 Å². The number of piperazine rings is 1. The van der Waals surface area contributed by atoms with Crippen LogP contribution < -0.4 is 0 Å². The number of hydrogen-bond donors (Lipinski definition) is 0. The van der Waals surface area contributed by atoms with Crippen molar-refractivity contribution < 1.29 is 18.0 Å². The van der Waals surface area contributed by atoms with Crippen molar-refractivity contribution in [1.29, 1.82) is 0 Å². The van der Waals surface area contributed by atoms with Gasteiger partial charge in [-0.15, -0.1) is 10.2 Å². The van der Waals surface area contributed by atoms with Crippen LogP contribution in [0.3, 0.4) is 0 Å². The Labute approximate surface area is 182 Å². The monoisotopic (exact) mass is 449 g/mol. The number of hydrogen-bond acceptors (Lipinski definition) is 5. The SMILES string of the molecule is Cn1c(SCC(=O)N2CCN(Cc3cccc4ccccc34)CC2)nnc1C(F)(F)F. The first kappa shape index (κ1) is 21.6. The number of halogens is 3. The summed E-state index contributed by atoms with van der Waals surface area (Å²) in [6.45, 7) is 3.51. The van der Waals surface area contributed by atoms with Crippen LogP contribution in [0.25, 0.3) is 10.8 Å². The third-order valence-electron chi connectivity index (χ3n) is 5.41. The third kappa shape index (κ3) is 4.85. The first-order valence-corrected chi connectivity index (χ1v) is 10.9. The average molecular weight is 450 g/mol. The van der Waals surface area contributed by atoms with Crippen molar-refractivity contribution in [2.45, 2.75) is 17.9 Å². The molecule has 1 saturated heterocycles. The van der Waals surface area contributed by atoms with E-state index in [0.29, 0.717) is 13.1 Å². The highest BCUT2D eigenvalue weighted by Crippen LogP contribution is 2.29. The molecule has 3 aromatic rings. The summed E-state index contributed by atoms with van der Waals surface area (Å²) in [6, 6.07) is 14.6. The van der Waals surface area contributed by atoms with E-state index in [2.05, 4.69) is 45.4 Å². The second kappa shape index (κ2) is 8.88. The Morgan fingerprint density at radius 1 is 1.03 bits per heavy atom. The molecule has 0 unspecified atom stereocenters. The summed E-state index contributed by atoms with van der Waals surface area (Å²) in [5, 5.41) is 9.27. The normalized spacial score (nSPS) is 15.5. The fourth-order valence-electron chi connectivity index (χ4n) is 3.73. The molecule has 0 atom stereocenters. The molecular weight excluding hydrogens is 427 g/mol. The van der Waals surface area contributed by atoms with Gasteiger partial charge >= 0.3 is 6.18 Å². The van der Waals surface area contributed by atoms with E-state index in [1.807, 2.05) is 12.1 Å². The first-order valence-electron chi connectivity index (χ1n) is 9.89. The first-order chi connectivity index (χ1) is 14.8. The van der Waals surface area contributed by atoms with Crippen molar-refractivity contribution in [2.24, 2.45) is 7.05 Å². The van der Waals surface area contributed by atoms with Gasteiger partial charge in [0, 0.05) is 39.8 Å². The minimum Gasteiger partial charge on any atom is -0.339 e. The highest BCUT2D eigenvalue weighted by molar-refractivity contribution is 7.99. The lowest BCUT2D eigenvalue weighted by molar-refractivity contribution is -0.147. The number of aromatic nitrogens is 3. The number of carbonyl (C=O) groups is 1. The van der Waals surface area contributed by atoms with E-state index in [1.54, 1.807) is 4.90 Å². The molecule has 0 radical (unpaired) electrons. The molecule has 1 aliphatic heterocycles. The van der Waals surface area contributed by atoms with E-state index >= 15 is 0 Å². The lowest BCUT2D eigenvalue weighted by atomic mass is 10.0. The largest absolute Gasteiger partial charge is 0.451 e. The smallest absolute Gasteiger partial charge is 0.339 e. The second-order valence-corrected chi connectivity index (χ2v) is 8.39. The summed E-state index contributed by atoms with van der Waals surface area (Å²) in [4.78, 5) is 16.6. The molecule has 31 heavy (non-hydrogen) atoms. The van der Waals surface area contributed by atoms with Gasteiger partial charge in [0.1, 0.15) is 0 Å². The predicted molar refractivity (Wildman–Crippen MR) is 113 cm³/mol. The van der Waals surface area contributed by atoms with Crippen LogP contribution in [0, 0.1) is 0 Å². The highest BCUT2D eigenvalue weighted by Gasteiger charge is 2.37. The van der Waals surface area contributed by atoms with Crippen molar-refractivity contribution in [3.8, 4) is 0 Å². The minimum absolute atomic E-state index is 0.0349. The van der Waals surface area contributed by atoms with Crippen LogP contribution in [-0.4, -0.2) is 62.4 Å². The number of fused-ring (bicyclic) bond motifs is 1. The molecule has 0 N–H and O–H groups in total. The summed E-state index contributed by atoms with van der Waals surface area (Å²) in [7, 11) is 1.25. The zero-order chi connectivity index (χ0) is 22.0. The van der Waals surface area contributed by atoms with Crippen molar-refractivity contribution in [2.75, 3.05) is 31.9 Å². The van der Waals surface area contributed by atoms with Gasteiger partial charge in [0.2, 0.25) is 11.7 Å². The van der Waals surface area contributed by atoms with Crippen LogP contribution in [0.1, 0.15) is 11.4 Å². The maximum atomic E-state index is 12.8. The molecule has 1 aliphatic rings. The molecule has 0 saturated carbocycles. The zero-order valence-corrected chi connectivity index (χ0v) is 17.8. The van der Waals surface area contributed by atoms with E-state index in [-0.39, 0.29) is 16.8 Å². The highest BCUT2D eigenvalue weighted by atomic mass is 32.2. The van der Waals surface area contributed by atoms with Crippen LogP contribution >= 0.6 is 11.8 Å². The molecular formula is C21H22F3N5OS. The topological polar surface area (TPSA) is 54.3 Å². The number of nitrogens with zero attached hydrogens (tertiary/aromatic N) is 5. The maximum absolute atomic E-state index is 12.8. The quantitative estimate of drug-likeness (QED) is 0.559. The van der Waals surface area contributed by atoms with Crippen LogP contribution in [0.5, 0.6) is 0 Å². The fourth-order valence-corrected chi connectivity index (χ4v) is 4.55. The van der Waals surface area contributed by atoms with E-state index < -0.39 is 12.0 Å². The maximum Gasteiger partial charge on any atom is 0.451 e. The zero-order valence-electron chi connectivity index (χ0n) is 17.0. The summed E-state index contributed by atoms with van der Waals surface area (Å²) >= 11 is 0.975. The standard InChI is InChI=1S/C21H22F3N5OS/c1-27-19(21(22,23)24)25-26-20(27)31-14-18(30)29-11-9-28(10-12-29)13-16-7-4-6-15-5-2-3-8-17(15)16/h2-8H,9-14H2,1H3. The number of carbonyl (C=O) groups excluding carboxylic acids is 1. The molecule has 2 aromatic carbocycles. The Kier molecular flexibility index (Phi) is 6.19. The Morgan fingerprint density at radius 2 is 1.74 bits per heavy atom. The van der Waals surface area contributed by atoms with E-state index in [9.17, 15) is 18.0 Å². The van der Waals surface area contributed by atoms with Gasteiger partial charge in [-0.1, -0.05) is 54.2 Å². The third-order valence-corrected chi connectivity index (χ3v) is 6.42. The van der Waals surface area contributed by atoms with Gasteiger partial charge in [0.25, 0.3) is 0 Å². The lowest BCUT2D eigenvalue weighted by Crippen LogP contribution is -2.48. The molecule has 1 amide bonds. The summed E-state index contributed by atoms with van der Waals surface area (Å²) in [5.41, 5.74) is 1.26. The number of amides is 1. The Bertz CT molecular complexity index is 1070. The molecule has 0 bridgehead atoms. The van der Waals surface area contributed by atoms with Gasteiger partial charge in [-0.3, -0.25) is 9.69 Å². The van der Waals surface area contributed by atoms with Crippen molar-refractivity contribution in [1.82, 2.24) is 24.6 Å². The molecule has 2 heterocycles. The molecule has 4 rings (SSSR count). The van der Waals surface area contributed by atoms with E-state index in [4.69, 9.17) is 0 Å². The summed E-state index contributed by atoms with van der Waals surface area (Å²) < 4.78 is 39.3. The molecule has 6 nitrogen and oxygen atoms in total. The van der Waals surface area contributed by atoms with Gasteiger partial charge < -0.3 is 9.47 Å². The number of alkyl halides is 3. The molecule has 1 fully saturated rings. The molecule has 1 aromatic heterocycles. The molecule has 164 valence electrons. The van der Waals surface area contributed by atoms with Crippen molar-refractivity contribution >= 4 is 28.4 Å².